The van der Waals surface area contributed by atoms with Gasteiger partial charge in [-0.3, -0.25) is 4.79 Å². The highest BCUT2D eigenvalue weighted by Gasteiger charge is 2.44. The van der Waals surface area contributed by atoms with Crippen molar-refractivity contribution in [2.75, 3.05) is 0 Å². The Kier molecular flexibility index (Phi) is 2.35. The van der Waals surface area contributed by atoms with E-state index in [1.165, 1.54) is 0 Å². The molecule has 0 aliphatic heterocycles. The summed E-state index contributed by atoms with van der Waals surface area (Å²) < 4.78 is 0. The van der Waals surface area contributed by atoms with Crippen LogP contribution in [-0.2, 0) is 4.79 Å². The van der Waals surface area contributed by atoms with Crippen LogP contribution in [0.3, 0.4) is 0 Å². The molecule has 0 bridgehead atoms. The number of nitrogens with two attached hydrogens (primary N) is 1. The molecule has 0 spiro atoms. The second-order valence-corrected chi connectivity index (χ2v) is 4.67. The van der Waals surface area contributed by atoms with Crippen LogP contribution in [-0.4, -0.2) is 17.5 Å². The van der Waals surface area contributed by atoms with Crippen LogP contribution in [0.2, 0.25) is 0 Å². The van der Waals surface area contributed by atoms with E-state index in [0.29, 0.717) is 5.92 Å². The van der Waals surface area contributed by atoms with Crippen molar-refractivity contribution in [1.29, 1.82) is 0 Å². The lowest BCUT2D eigenvalue weighted by Crippen LogP contribution is -2.55. The lowest BCUT2D eigenvalue weighted by atomic mass is 9.95. The number of nitrogens with one attached hydrogen (secondary N) is 1. The van der Waals surface area contributed by atoms with Crippen LogP contribution in [0.1, 0.15) is 32.6 Å². The predicted molar refractivity (Wildman–Crippen MR) is 55.6 cm³/mol. The van der Waals surface area contributed by atoms with Gasteiger partial charge in [-0.05, 0) is 38.5 Å². The first-order valence-corrected chi connectivity index (χ1v) is 5.35. The maximum atomic E-state index is 11.8. The summed E-state index contributed by atoms with van der Waals surface area (Å²) in [5.41, 5.74) is 5.36. The first-order valence-electron chi connectivity index (χ1n) is 5.35. The Hall–Kier alpha value is -0.830. The lowest BCUT2D eigenvalue weighted by molar-refractivity contribution is -0.127. The Bertz CT molecular complexity index is 258. The Morgan fingerprint density at radius 1 is 1.43 bits per heavy atom. The molecule has 2 aliphatic rings. The SMILES string of the molecule is CC(N)(C(=O)NC1CC=CC1)C1CC1. The van der Waals surface area contributed by atoms with Gasteiger partial charge in [0.25, 0.3) is 0 Å². The topological polar surface area (TPSA) is 55.1 Å². The van der Waals surface area contributed by atoms with Crippen molar-refractivity contribution in [3.8, 4) is 0 Å². The van der Waals surface area contributed by atoms with Gasteiger partial charge in [0, 0.05) is 6.04 Å². The minimum absolute atomic E-state index is 0.0219. The highest BCUT2D eigenvalue weighted by Crippen LogP contribution is 2.38. The van der Waals surface area contributed by atoms with Crippen molar-refractivity contribution in [2.45, 2.75) is 44.2 Å². The molecule has 3 nitrogen and oxygen atoms in total. The number of carbonyl (C=O) groups is 1. The molecule has 0 radical (unpaired) electrons. The number of hydrogen-bond acceptors (Lipinski definition) is 2. The summed E-state index contributed by atoms with van der Waals surface area (Å²) >= 11 is 0. The van der Waals surface area contributed by atoms with Gasteiger partial charge in [-0.1, -0.05) is 12.2 Å². The van der Waals surface area contributed by atoms with Crippen LogP contribution < -0.4 is 11.1 Å². The van der Waals surface area contributed by atoms with Gasteiger partial charge >= 0.3 is 0 Å². The fourth-order valence-corrected chi connectivity index (χ4v) is 1.94. The summed E-state index contributed by atoms with van der Waals surface area (Å²) in [6, 6.07) is 0.282. The molecule has 1 amide bonds. The zero-order chi connectivity index (χ0) is 10.2. The largest absolute Gasteiger partial charge is 0.351 e. The van der Waals surface area contributed by atoms with E-state index in [-0.39, 0.29) is 11.9 Å². The van der Waals surface area contributed by atoms with Crippen LogP contribution in [0, 0.1) is 5.92 Å². The molecule has 0 aromatic rings. The Balaban J connectivity index is 1.87. The maximum Gasteiger partial charge on any atom is 0.240 e. The summed E-state index contributed by atoms with van der Waals surface area (Å²) in [6.45, 7) is 1.85. The first kappa shape index (κ1) is 9.71. The Morgan fingerprint density at radius 2 is 2.00 bits per heavy atom. The molecule has 0 saturated heterocycles. The molecule has 1 fully saturated rings. The molecule has 14 heavy (non-hydrogen) atoms. The van der Waals surface area contributed by atoms with Crippen molar-refractivity contribution in [3.05, 3.63) is 12.2 Å². The van der Waals surface area contributed by atoms with E-state index in [4.69, 9.17) is 5.73 Å². The highest BCUT2D eigenvalue weighted by molar-refractivity contribution is 5.86. The fourth-order valence-electron chi connectivity index (χ4n) is 1.94. The summed E-state index contributed by atoms with van der Waals surface area (Å²) in [5, 5.41) is 3.01. The number of carbonyl (C=O) groups excluding carboxylic acids is 1. The fraction of sp³-hybridized carbons (Fsp3) is 0.727. The van der Waals surface area contributed by atoms with Crippen molar-refractivity contribution in [1.82, 2.24) is 5.32 Å². The van der Waals surface area contributed by atoms with E-state index in [1.54, 1.807) is 0 Å². The minimum Gasteiger partial charge on any atom is -0.351 e. The van der Waals surface area contributed by atoms with Crippen LogP contribution in [0.4, 0.5) is 0 Å². The van der Waals surface area contributed by atoms with E-state index < -0.39 is 5.54 Å². The van der Waals surface area contributed by atoms with Crippen LogP contribution in [0.25, 0.3) is 0 Å². The van der Waals surface area contributed by atoms with Crippen LogP contribution >= 0.6 is 0 Å². The standard InChI is InChI=1S/C11H18N2O/c1-11(12,8-6-7-8)10(14)13-9-4-2-3-5-9/h2-3,8-9H,4-7,12H2,1H3,(H,13,14). The first-order chi connectivity index (χ1) is 6.60. The van der Waals surface area contributed by atoms with E-state index >= 15 is 0 Å². The smallest absolute Gasteiger partial charge is 0.240 e. The van der Waals surface area contributed by atoms with E-state index in [2.05, 4.69) is 17.5 Å². The molecule has 0 heterocycles. The van der Waals surface area contributed by atoms with Gasteiger partial charge in [-0.25, -0.2) is 0 Å². The average Bonchev–Trinajstić information content (AvgIpc) is 2.88. The third kappa shape index (κ3) is 1.82. The maximum absolute atomic E-state index is 11.8. The summed E-state index contributed by atoms with van der Waals surface area (Å²) in [5.74, 6) is 0.422. The molecule has 1 saturated carbocycles. The monoisotopic (exact) mass is 194 g/mol. The average molecular weight is 194 g/mol. The molecular formula is C11H18N2O. The van der Waals surface area contributed by atoms with Crippen LogP contribution in [0.5, 0.6) is 0 Å². The molecule has 3 heteroatoms. The summed E-state index contributed by atoms with van der Waals surface area (Å²) in [4.78, 5) is 11.8. The Morgan fingerprint density at radius 3 is 2.50 bits per heavy atom. The van der Waals surface area contributed by atoms with E-state index in [0.717, 1.165) is 25.7 Å². The lowest BCUT2D eigenvalue weighted by Gasteiger charge is -2.25. The zero-order valence-corrected chi connectivity index (χ0v) is 8.62. The van der Waals surface area contributed by atoms with Gasteiger partial charge < -0.3 is 11.1 Å². The molecule has 1 unspecified atom stereocenters. The van der Waals surface area contributed by atoms with Crippen LogP contribution in [0.15, 0.2) is 12.2 Å². The number of hydrogen-bond donors (Lipinski definition) is 2. The van der Waals surface area contributed by atoms with Crippen molar-refractivity contribution in [2.24, 2.45) is 11.7 Å². The highest BCUT2D eigenvalue weighted by atomic mass is 16.2. The third-order valence-electron chi connectivity index (χ3n) is 3.26. The molecule has 3 N–H and O–H groups in total. The van der Waals surface area contributed by atoms with Crippen molar-refractivity contribution in [3.63, 3.8) is 0 Å². The molecule has 0 aromatic carbocycles. The summed E-state index contributed by atoms with van der Waals surface area (Å²) in [6.07, 6.45) is 8.32. The third-order valence-corrected chi connectivity index (χ3v) is 3.26. The van der Waals surface area contributed by atoms with Gasteiger partial charge in [0.05, 0.1) is 5.54 Å². The molecule has 78 valence electrons. The second-order valence-electron chi connectivity index (χ2n) is 4.67. The molecule has 2 rings (SSSR count). The van der Waals surface area contributed by atoms with E-state index in [9.17, 15) is 4.79 Å². The number of amides is 1. The molecular weight excluding hydrogens is 176 g/mol. The van der Waals surface area contributed by atoms with Gasteiger partial charge in [0.2, 0.25) is 5.91 Å². The number of rotatable bonds is 3. The predicted octanol–water partition coefficient (Wildman–Crippen LogP) is 0.949. The van der Waals surface area contributed by atoms with Gasteiger partial charge in [-0.2, -0.15) is 0 Å². The van der Waals surface area contributed by atoms with Crippen molar-refractivity contribution >= 4 is 5.91 Å². The summed E-state index contributed by atoms with van der Waals surface area (Å²) in [7, 11) is 0. The quantitative estimate of drug-likeness (QED) is 0.657. The van der Waals surface area contributed by atoms with Gasteiger partial charge in [0.1, 0.15) is 0 Å². The normalized spacial score (nSPS) is 26.1. The van der Waals surface area contributed by atoms with Gasteiger partial charge in [0.15, 0.2) is 0 Å². The molecule has 0 aromatic heterocycles. The second kappa shape index (κ2) is 3.39. The van der Waals surface area contributed by atoms with Gasteiger partial charge in [-0.15, -0.1) is 0 Å². The van der Waals surface area contributed by atoms with Crippen molar-refractivity contribution < 1.29 is 4.79 Å². The minimum atomic E-state index is -0.650. The Labute approximate surface area is 84.7 Å². The molecule has 1 atom stereocenters. The molecule has 2 aliphatic carbocycles. The van der Waals surface area contributed by atoms with E-state index in [1.807, 2.05) is 6.92 Å². The zero-order valence-electron chi connectivity index (χ0n) is 8.62.